The predicted octanol–water partition coefficient (Wildman–Crippen LogP) is 1.27. The molecule has 2 aliphatic rings. The molecule has 1 atom stereocenters. The topological polar surface area (TPSA) is 41.1 Å². The molecule has 1 aromatic rings. The van der Waals surface area contributed by atoms with Crippen molar-refractivity contribution in [2.45, 2.75) is 18.8 Å². The smallest absolute Gasteiger partial charge is 0.227 e. The molecule has 1 spiro atoms. The van der Waals surface area contributed by atoms with Crippen LogP contribution in [0.25, 0.3) is 0 Å². The van der Waals surface area contributed by atoms with E-state index in [1.54, 1.807) is 0 Å². The van der Waals surface area contributed by atoms with E-state index in [0.717, 1.165) is 32.5 Å². The van der Waals surface area contributed by atoms with Crippen molar-refractivity contribution in [1.82, 2.24) is 10.6 Å². The zero-order valence-electron chi connectivity index (χ0n) is 9.91. The van der Waals surface area contributed by atoms with Crippen LogP contribution in [0.3, 0.4) is 0 Å². The lowest BCUT2D eigenvalue weighted by atomic mass is 9.68. The first-order valence-electron chi connectivity index (χ1n) is 6.37. The fourth-order valence-electron chi connectivity index (χ4n) is 3.30. The number of carbonyl (C=O) groups is 1. The summed E-state index contributed by atoms with van der Waals surface area (Å²) in [7, 11) is 0. The second-order valence-electron chi connectivity index (χ2n) is 5.08. The van der Waals surface area contributed by atoms with E-state index < -0.39 is 0 Å². The molecule has 3 rings (SSSR count). The largest absolute Gasteiger partial charge is 0.355 e. The molecule has 0 saturated carbocycles. The minimum atomic E-state index is -0.160. The molecular weight excluding hydrogens is 212 g/mol. The number of hydrogen-bond acceptors (Lipinski definition) is 2. The van der Waals surface area contributed by atoms with E-state index in [1.807, 2.05) is 6.07 Å². The summed E-state index contributed by atoms with van der Waals surface area (Å²) >= 11 is 0. The Morgan fingerprint density at radius 3 is 2.53 bits per heavy atom. The van der Waals surface area contributed by atoms with Gasteiger partial charge in [-0.25, -0.2) is 0 Å². The maximum absolute atomic E-state index is 12.2. The van der Waals surface area contributed by atoms with Crippen LogP contribution < -0.4 is 10.6 Å². The van der Waals surface area contributed by atoms with E-state index in [2.05, 4.69) is 34.9 Å². The van der Waals surface area contributed by atoms with Gasteiger partial charge in [0.2, 0.25) is 5.91 Å². The maximum atomic E-state index is 12.2. The summed E-state index contributed by atoms with van der Waals surface area (Å²) in [4.78, 5) is 12.2. The first-order chi connectivity index (χ1) is 8.33. The Morgan fingerprint density at radius 1 is 1.12 bits per heavy atom. The van der Waals surface area contributed by atoms with Crippen LogP contribution in [0.1, 0.15) is 24.3 Å². The molecule has 0 aliphatic carbocycles. The van der Waals surface area contributed by atoms with Crippen molar-refractivity contribution in [2.75, 3.05) is 19.6 Å². The van der Waals surface area contributed by atoms with Crippen LogP contribution in [0.4, 0.5) is 0 Å². The maximum Gasteiger partial charge on any atom is 0.227 e. The summed E-state index contributed by atoms with van der Waals surface area (Å²) in [6.45, 7) is 2.70. The molecular formula is C14H18N2O. The Labute approximate surface area is 102 Å². The first-order valence-corrected chi connectivity index (χ1v) is 6.37. The molecule has 90 valence electrons. The molecule has 1 amide bonds. The minimum Gasteiger partial charge on any atom is -0.355 e. The van der Waals surface area contributed by atoms with Gasteiger partial charge < -0.3 is 10.6 Å². The molecule has 3 heteroatoms. The molecule has 2 N–H and O–H groups in total. The average molecular weight is 230 g/mol. The monoisotopic (exact) mass is 230 g/mol. The lowest BCUT2D eigenvalue weighted by Gasteiger charge is -2.36. The van der Waals surface area contributed by atoms with Gasteiger partial charge in [0.1, 0.15) is 0 Å². The Balaban J connectivity index is 1.96. The molecule has 2 saturated heterocycles. The van der Waals surface area contributed by atoms with E-state index in [9.17, 15) is 4.79 Å². The number of nitrogens with one attached hydrogen (secondary N) is 2. The van der Waals surface area contributed by atoms with Crippen molar-refractivity contribution in [1.29, 1.82) is 0 Å². The minimum absolute atomic E-state index is 0.160. The molecule has 1 aromatic carbocycles. The third-order valence-electron chi connectivity index (χ3n) is 4.28. The highest BCUT2D eigenvalue weighted by molar-refractivity contribution is 5.86. The summed E-state index contributed by atoms with van der Waals surface area (Å²) in [5, 5.41) is 6.41. The summed E-state index contributed by atoms with van der Waals surface area (Å²) < 4.78 is 0. The fourth-order valence-corrected chi connectivity index (χ4v) is 3.30. The molecule has 0 unspecified atom stereocenters. The van der Waals surface area contributed by atoms with Crippen molar-refractivity contribution < 1.29 is 4.79 Å². The standard InChI is InChI=1S/C14H18N2O/c17-13-14(6-8-15-9-7-14)12(10-16-13)11-4-2-1-3-5-11/h1-5,12,15H,6-10H2,(H,16,17)/t12-/m0/s1. The van der Waals surface area contributed by atoms with E-state index in [0.29, 0.717) is 5.92 Å². The Morgan fingerprint density at radius 2 is 1.82 bits per heavy atom. The SMILES string of the molecule is O=C1NC[C@@H](c2ccccc2)C12CCNCC2. The average Bonchev–Trinajstić information content (AvgIpc) is 2.69. The predicted molar refractivity (Wildman–Crippen MR) is 66.7 cm³/mol. The molecule has 17 heavy (non-hydrogen) atoms. The molecule has 0 radical (unpaired) electrons. The highest BCUT2D eigenvalue weighted by Gasteiger charge is 2.50. The normalized spacial score (nSPS) is 27.1. The molecule has 2 aliphatic heterocycles. The van der Waals surface area contributed by atoms with Gasteiger partial charge in [-0.05, 0) is 31.5 Å². The first kappa shape index (κ1) is 10.8. The number of hydrogen-bond donors (Lipinski definition) is 2. The van der Waals surface area contributed by atoms with Gasteiger partial charge in [-0.1, -0.05) is 30.3 Å². The van der Waals surface area contributed by atoms with Crippen LogP contribution in [0.15, 0.2) is 30.3 Å². The van der Waals surface area contributed by atoms with Gasteiger partial charge in [0.15, 0.2) is 0 Å². The third-order valence-corrected chi connectivity index (χ3v) is 4.28. The van der Waals surface area contributed by atoms with Crippen LogP contribution in [-0.4, -0.2) is 25.5 Å². The van der Waals surface area contributed by atoms with Gasteiger partial charge in [0, 0.05) is 12.5 Å². The Hall–Kier alpha value is -1.35. The van der Waals surface area contributed by atoms with Gasteiger partial charge in [0.25, 0.3) is 0 Å². The highest BCUT2D eigenvalue weighted by atomic mass is 16.2. The Kier molecular flexibility index (Phi) is 2.63. The third kappa shape index (κ3) is 1.65. The quantitative estimate of drug-likeness (QED) is 0.763. The zero-order valence-corrected chi connectivity index (χ0v) is 9.91. The second kappa shape index (κ2) is 4.15. The molecule has 2 heterocycles. The van der Waals surface area contributed by atoms with Crippen LogP contribution in [-0.2, 0) is 4.79 Å². The van der Waals surface area contributed by atoms with Crippen LogP contribution in [0.5, 0.6) is 0 Å². The van der Waals surface area contributed by atoms with Crippen molar-refractivity contribution in [2.24, 2.45) is 5.41 Å². The Bertz CT molecular complexity index is 409. The van der Waals surface area contributed by atoms with Crippen LogP contribution in [0.2, 0.25) is 0 Å². The van der Waals surface area contributed by atoms with Gasteiger partial charge in [-0.2, -0.15) is 0 Å². The number of piperidine rings is 1. The number of benzene rings is 1. The van der Waals surface area contributed by atoms with Gasteiger partial charge in [0.05, 0.1) is 5.41 Å². The summed E-state index contributed by atoms with van der Waals surface area (Å²) in [6, 6.07) is 10.5. The fraction of sp³-hybridized carbons (Fsp3) is 0.500. The van der Waals surface area contributed by atoms with E-state index in [4.69, 9.17) is 0 Å². The van der Waals surface area contributed by atoms with Gasteiger partial charge in [-0.15, -0.1) is 0 Å². The lowest BCUT2D eigenvalue weighted by Crippen LogP contribution is -2.44. The van der Waals surface area contributed by atoms with Gasteiger partial charge in [-0.3, -0.25) is 4.79 Å². The van der Waals surface area contributed by atoms with E-state index in [-0.39, 0.29) is 11.3 Å². The van der Waals surface area contributed by atoms with E-state index in [1.165, 1.54) is 5.56 Å². The zero-order chi connectivity index (χ0) is 11.7. The van der Waals surface area contributed by atoms with Gasteiger partial charge >= 0.3 is 0 Å². The van der Waals surface area contributed by atoms with Crippen molar-refractivity contribution in [3.8, 4) is 0 Å². The number of amides is 1. The molecule has 3 nitrogen and oxygen atoms in total. The van der Waals surface area contributed by atoms with Crippen LogP contribution in [0, 0.1) is 5.41 Å². The number of rotatable bonds is 1. The van der Waals surface area contributed by atoms with Crippen molar-refractivity contribution >= 4 is 5.91 Å². The van der Waals surface area contributed by atoms with Crippen LogP contribution >= 0.6 is 0 Å². The van der Waals surface area contributed by atoms with E-state index >= 15 is 0 Å². The molecule has 2 fully saturated rings. The highest BCUT2D eigenvalue weighted by Crippen LogP contribution is 2.46. The summed E-state index contributed by atoms with van der Waals surface area (Å²) in [5.74, 6) is 0.603. The number of carbonyl (C=O) groups excluding carboxylic acids is 1. The molecule has 0 bridgehead atoms. The van der Waals surface area contributed by atoms with Crippen molar-refractivity contribution in [3.63, 3.8) is 0 Å². The lowest BCUT2D eigenvalue weighted by molar-refractivity contribution is -0.129. The van der Waals surface area contributed by atoms with Crippen molar-refractivity contribution in [3.05, 3.63) is 35.9 Å². The second-order valence-corrected chi connectivity index (χ2v) is 5.08. The molecule has 0 aromatic heterocycles. The summed E-state index contributed by atoms with van der Waals surface area (Å²) in [5.41, 5.74) is 1.14. The summed E-state index contributed by atoms with van der Waals surface area (Å²) in [6.07, 6.45) is 1.91.